The van der Waals surface area contributed by atoms with Gasteiger partial charge in [0.25, 0.3) is 0 Å². The van der Waals surface area contributed by atoms with Crippen molar-refractivity contribution in [2.45, 2.75) is 39.2 Å². The Morgan fingerprint density at radius 1 is 1.29 bits per heavy atom. The van der Waals surface area contributed by atoms with Crippen molar-refractivity contribution in [3.05, 3.63) is 29.8 Å². The number of carbonyl (C=O) groups is 1. The number of halogens is 3. The molecular formula is C16H20F3NO4. The van der Waals surface area contributed by atoms with Gasteiger partial charge < -0.3 is 19.9 Å². The number of rotatable bonds is 5. The third kappa shape index (κ3) is 8.30. The number of carbonyl (C=O) groups excluding carboxylic acids is 1. The van der Waals surface area contributed by atoms with E-state index in [0.717, 1.165) is 12.1 Å². The minimum atomic E-state index is -4.81. The Balaban J connectivity index is 2.46. The molecule has 134 valence electrons. The van der Waals surface area contributed by atoms with Crippen LogP contribution < -0.4 is 10.1 Å². The molecule has 0 aliphatic carbocycles. The summed E-state index contributed by atoms with van der Waals surface area (Å²) in [5.41, 5.74) is -0.242. The first-order valence-electron chi connectivity index (χ1n) is 7.18. The van der Waals surface area contributed by atoms with Crippen LogP contribution in [0.1, 0.15) is 32.8 Å². The highest BCUT2D eigenvalue weighted by Crippen LogP contribution is 2.28. The summed E-state index contributed by atoms with van der Waals surface area (Å²) in [4.78, 5) is 11.4. The molecule has 0 aliphatic heterocycles. The lowest BCUT2D eigenvalue weighted by Gasteiger charge is -2.19. The van der Waals surface area contributed by atoms with Crippen LogP contribution in [0, 0.1) is 0 Å². The molecule has 0 aromatic heterocycles. The molecule has 0 radical (unpaired) electrons. The summed E-state index contributed by atoms with van der Waals surface area (Å²) >= 11 is 0. The molecule has 0 saturated heterocycles. The number of ether oxygens (including phenoxy) is 2. The zero-order chi connectivity index (χ0) is 18.4. The van der Waals surface area contributed by atoms with Crippen LogP contribution in [-0.2, 0) is 4.74 Å². The van der Waals surface area contributed by atoms with Crippen LogP contribution in [0.5, 0.6) is 11.5 Å². The third-order valence-corrected chi connectivity index (χ3v) is 2.51. The van der Waals surface area contributed by atoms with E-state index < -0.39 is 23.8 Å². The van der Waals surface area contributed by atoms with E-state index in [1.165, 1.54) is 12.1 Å². The average Bonchev–Trinajstić information content (AvgIpc) is 2.36. The van der Waals surface area contributed by atoms with E-state index in [0.29, 0.717) is 18.5 Å². The maximum absolute atomic E-state index is 12.1. The predicted molar refractivity (Wildman–Crippen MR) is 82.7 cm³/mol. The topological polar surface area (TPSA) is 67.8 Å². The van der Waals surface area contributed by atoms with Gasteiger partial charge in [0.05, 0.1) is 0 Å². The fourth-order valence-electron chi connectivity index (χ4n) is 1.64. The molecule has 2 N–H and O–H groups in total. The Hall–Kier alpha value is -2.38. The van der Waals surface area contributed by atoms with Crippen molar-refractivity contribution in [3.63, 3.8) is 0 Å². The Morgan fingerprint density at radius 3 is 2.50 bits per heavy atom. The fraction of sp³-hybridized carbons (Fsp3) is 0.438. The van der Waals surface area contributed by atoms with E-state index in [4.69, 9.17) is 4.74 Å². The van der Waals surface area contributed by atoms with Gasteiger partial charge in [-0.15, -0.1) is 13.2 Å². The predicted octanol–water partition coefficient (Wildman–Crippen LogP) is 4.22. The first-order valence-corrected chi connectivity index (χ1v) is 7.18. The lowest BCUT2D eigenvalue weighted by molar-refractivity contribution is -0.274. The standard InChI is InChI=1S/C16H20F3NO4/c1-15(2,3)24-14(22)20-9-5-4-6-11-7-8-12(10-13(11)21)23-16(17,18)19/h4,6-8,10,21H,5,9H2,1-3H3,(H,20,22). The van der Waals surface area contributed by atoms with Gasteiger partial charge in [0.2, 0.25) is 0 Å². The molecule has 0 saturated carbocycles. The minimum absolute atomic E-state index is 0.321. The Morgan fingerprint density at radius 2 is 1.96 bits per heavy atom. The molecule has 0 heterocycles. The van der Waals surface area contributed by atoms with Crippen molar-refractivity contribution in [2.24, 2.45) is 0 Å². The van der Waals surface area contributed by atoms with Gasteiger partial charge in [0.15, 0.2) is 0 Å². The average molecular weight is 347 g/mol. The van der Waals surface area contributed by atoms with Gasteiger partial charge in [-0.3, -0.25) is 0 Å². The normalized spacial score (nSPS) is 12.2. The quantitative estimate of drug-likeness (QED) is 0.783. The summed E-state index contributed by atoms with van der Waals surface area (Å²) in [7, 11) is 0. The molecule has 0 aliphatic rings. The number of nitrogens with one attached hydrogen (secondary N) is 1. The number of hydrogen-bond acceptors (Lipinski definition) is 4. The molecule has 1 aromatic carbocycles. The van der Waals surface area contributed by atoms with Gasteiger partial charge in [0.1, 0.15) is 17.1 Å². The molecule has 24 heavy (non-hydrogen) atoms. The van der Waals surface area contributed by atoms with Gasteiger partial charge in [-0.1, -0.05) is 12.2 Å². The van der Waals surface area contributed by atoms with Crippen LogP contribution in [-0.4, -0.2) is 29.7 Å². The Kier molecular flexibility index (Phi) is 6.51. The molecular weight excluding hydrogens is 327 g/mol. The summed E-state index contributed by atoms with van der Waals surface area (Å²) in [6.45, 7) is 5.58. The summed E-state index contributed by atoms with van der Waals surface area (Å²) in [6, 6.07) is 3.28. The highest BCUT2D eigenvalue weighted by atomic mass is 19.4. The van der Waals surface area contributed by atoms with Crippen LogP contribution in [0.3, 0.4) is 0 Å². The number of alkyl halides is 3. The molecule has 1 rings (SSSR count). The van der Waals surface area contributed by atoms with Crippen molar-refractivity contribution in [1.82, 2.24) is 5.32 Å². The molecule has 0 spiro atoms. The zero-order valence-corrected chi connectivity index (χ0v) is 13.6. The first kappa shape index (κ1) is 19.7. The molecule has 8 heteroatoms. The summed E-state index contributed by atoms with van der Waals surface area (Å²) in [6.07, 6.45) is -1.69. The fourth-order valence-corrected chi connectivity index (χ4v) is 1.64. The molecule has 0 fully saturated rings. The van der Waals surface area contributed by atoms with Gasteiger partial charge in [-0.2, -0.15) is 0 Å². The lowest BCUT2D eigenvalue weighted by atomic mass is 10.1. The Labute approximate surface area is 138 Å². The largest absolute Gasteiger partial charge is 0.573 e. The van der Waals surface area contributed by atoms with Crippen molar-refractivity contribution >= 4 is 12.2 Å². The maximum atomic E-state index is 12.1. The van der Waals surface area contributed by atoms with E-state index in [2.05, 4.69) is 10.1 Å². The second kappa shape index (κ2) is 7.94. The number of benzene rings is 1. The first-order chi connectivity index (χ1) is 11.0. The van der Waals surface area contributed by atoms with E-state index in [1.54, 1.807) is 26.8 Å². The third-order valence-electron chi connectivity index (χ3n) is 2.51. The molecule has 0 atom stereocenters. The van der Waals surface area contributed by atoms with E-state index in [1.807, 2.05) is 0 Å². The molecule has 1 aromatic rings. The number of aromatic hydroxyl groups is 1. The summed E-state index contributed by atoms with van der Waals surface area (Å²) in [5.74, 6) is -0.836. The molecule has 0 bridgehead atoms. The van der Waals surface area contributed by atoms with Crippen molar-refractivity contribution in [1.29, 1.82) is 0 Å². The summed E-state index contributed by atoms with van der Waals surface area (Å²) in [5, 5.41) is 12.2. The van der Waals surface area contributed by atoms with Crippen LogP contribution in [0.25, 0.3) is 6.08 Å². The van der Waals surface area contributed by atoms with Crippen LogP contribution in [0.4, 0.5) is 18.0 Å². The van der Waals surface area contributed by atoms with Crippen LogP contribution >= 0.6 is 0 Å². The van der Waals surface area contributed by atoms with Gasteiger partial charge in [-0.05, 0) is 39.3 Å². The SMILES string of the molecule is CC(C)(C)OC(=O)NCCC=Cc1ccc(OC(F)(F)F)cc1O. The van der Waals surface area contributed by atoms with E-state index in [9.17, 15) is 23.1 Å². The smallest absolute Gasteiger partial charge is 0.507 e. The second-order valence-electron chi connectivity index (χ2n) is 5.89. The van der Waals surface area contributed by atoms with Gasteiger partial charge in [0, 0.05) is 18.2 Å². The van der Waals surface area contributed by atoms with Gasteiger partial charge in [-0.25, -0.2) is 4.79 Å². The monoisotopic (exact) mass is 347 g/mol. The number of phenolic OH excluding ortho intramolecular Hbond substituents is 1. The number of amides is 1. The lowest BCUT2D eigenvalue weighted by Crippen LogP contribution is -2.32. The number of hydrogen-bond donors (Lipinski definition) is 2. The van der Waals surface area contributed by atoms with Crippen LogP contribution in [0.2, 0.25) is 0 Å². The molecule has 0 unspecified atom stereocenters. The maximum Gasteiger partial charge on any atom is 0.573 e. The van der Waals surface area contributed by atoms with Crippen molar-refractivity contribution in [3.8, 4) is 11.5 Å². The molecule has 1 amide bonds. The van der Waals surface area contributed by atoms with E-state index in [-0.39, 0.29) is 5.75 Å². The van der Waals surface area contributed by atoms with Crippen molar-refractivity contribution < 1.29 is 32.5 Å². The highest BCUT2D eigenvalue weighted by Gasteiger charge is 2.31. The van der Waals surface area contributed by atoms with Crippen LogP contribution in [0.15, 0.2) is 24.3 Å². The summed E-state index contributed by atoms with van der Waals surface area (Å²) < 4.78 is 45.0. The minimum Gasteiger partial charge on any atom is -0.507 e. The molecule has 5 nitrogen and oxygen atoms in total. The second-order valence-corrected chi connectivity index (χ2v) is 5.89. The highest BCUT2D eigenvalue weighted by molar-refractivity contribution is 5.67. The zero-order valence-electron chi connectivity index (χ0n) is 13.6. The number of alkyl carbamates (subject to hydrolysis) is 1. The number of phenols is 1. The van der Waals surface area contributed by atoms with Crippen molar-refractivity contribution in [2.75, 3.05) is 6.54 Å². The Bertz CT molecular complexity index is 592. The van der Waals surface area contributed by atoms with E-state index >= 15 is 0 Å². The van der Waals surface area contributed by atoms with Gasteiger partial charge >= 0.3 is 12.5 Å².